The minimum atomic E-state index is -0.893. The number of non-ortho nitro benzene ring substituents is 3. The maximum absolute atomic E-state index is 13.4. The Morgan fingerprint density at radius 1 is 0.889 bits per heavy atom. The van der Waals surface area contributed by atoms with Gasteiger partial charge in [0.15, 0.2) is 0 Å². The molecule has 0 bridgehead atoms. The number of fused-ring (bicyclic) bond motifs is 1. The van der Waals surface area contributed by atoms with Crippen molar-refractivity contribution in [1.29, 1.82) is 0 Å². The molecule has 1 amide bonds. The van der Waals surface area contributed by atoms with Crippen LogP contribution < -0.4 is 5.01 Å². The number of benzene rings is 3. The van der Waals surface area contributed by atoms with Gasteiger partial charge >= 0.3 is 0 Å². The van der Waals surface area contributed by atoms with Crippen molar-refractivity contribution < 1.29 is 19.6 Å². The molecular weight excluding hydrogens is 492 g/mol. The van der Waals surface area contributed by atoms with E-state index < -0.39 is 32.1 Å². The Morgan fingerprint density at radius 2 is 1.50 bits per heavy atom. The zero-order valence-electron chi connectivity index (χ0n) is 18.3. The molecule has 0 atom stereocenters. The van der Waals surface area contributed by atoms with Gasteiger partial charge < -0.3 is 0 Å². The number of anilines is 1. The lowest BCUT2D eigenvalue weighted by Gasteiger charge is -2.13. The second kappa shape index (κ2) is 9.63. The predicted octanol–water partition coefficient (Wildman–Crippen LogP) is 5.01. The minimum Gasteiger partial charge on any atom is -0.267 e. The summed E-state index contributed by atoms with van der Waals surface area (Å²) in [5, 5.41) is 38.7. The van der Waals surface area contributed by atoms with E-state index in [9.17, 15) is 35.1 Å². The van der Waals surface area contributed by atoms with Gasteiger partial charge in [-0.2, -0.15) is 10.1 Å². The molecule has 3 aromatic carbocycles. The van der Waals surface area contributed by atoms with Crippen molar-refractivity contribution in [2.75, 3.05) is 5.01 Å². The fraction of sp³-hybridized carbons (Fsp3) is 0.0455. The summed E-state index contributed by atoms with van der Waals surface area (Å²) in [5.74, 6) is -0.893. The first-order chi connectivity index (χ1) is 17.1. The number of aromatic nitrogens is 1. The number of nitro groups is 3. The average molecular weight is 506 g/mol. The molecule has 0 aliphatic heterocycles. The van der Waals surface area contributed by atoms with Crippen LogP contribution in [0.4, 0.5) is 22.2 Å². The van der Waals surface area contributed by atoms with Crippen molar-refractivity contribution in [3.05, 3.63) is 108 Å². The van der Waals surface area contributed by atoms with Gasteiger partial charge in [-0.1, -0.05) is 17.4 Å². The Labute approximate surface area is 205 Å². The van der Waals surface area contributed by atoms with Gasteiger partial charge in [-0.15, -0.1) is 0 Å². The summed E-state index contributed by atoms with van der Waals surface area (Å²) in [4.78, 5) is 49.1. The Hall–Kier alpha value is -5.11. The molecule has 180 valence electrons. The summed E-state index contributed by atoms with van der Waals surface area (Å²) in [5.41, 5.74) is 0.213. The van der Waals surface area contributed by atoms with E-state index >= 15 is 0 Å². The Kier molecular flexibility index (Phi) is 6.43. The van der Waals surface area contributed by atoms with Gasteiger partial charge in [0.05, 0.1) is 42.8 Å². The van der Waals surface area contributed by atoms with Gasteiger partial charge in [0, 0.05) is 24.3 Å². The number of carbonyl (C=O) groups is 1. The molecule has 0 aliphatic rings. The molecule has 14 heteroatoms. The third-order valence-corrected chi connectivity index (χ3v) is 5.90. The molecule has 0 unspecified atom stereocenters. The SMILES string of the molecule is Cc1ccc2nc(N(/N=C/c3ccc([N+](=O)[O-])cc3)C(=O)c3cc([N+](=O)[O-])cc([N+](=O)[O-])c3)sc2c1. The molecule has 0 fully saturated rings. The maximum atomic E-state index is 13.4. The summed E-state index contributed by atoms with van der Waals surface area (Å²) >= 11 is 1.13. The Bertz CT molecular complexity index is 1530. The van der Waals surface area contributed by atoms with Crippen LogP contribution in [0.1, 0.15) is 21.5 Å². The highest BCUT2D eigenvalue weighted by Crippen LogP contribution is 2.32. The van der Waals surface area contributed by atoms with Crippen molar-refractivity contribution in [2.45, 2.75) is 6.92 Å². The van der Waals surface area contributed by atoms with Crippen LogP contribution in [-0.4, -0.2) is 31.9 Å². The van der Waals surface area contributed by atoms with Crippen LogP contribution in [0.3, 0.4) is 0 Å². The molecule has 0 saturated heterocycles. The van der Waals surface area contributed by atoms with Crippen LogP contribution in [0, 0.1) is 37.3 Å². The number of nitro benzene ring substituents is 3. The summed E-state index contributed by atoms with van der Waals surface area (Å²) in [6, 6.07) is 13.4. The highest BCUT2D eigenvalue weighted by atomic mass is 32.1. The van der Waals surface area contributed by atoms with E-state index in [4.69, 9.17) is 0 Å². The number of hydrazone groups is 1. The third kappa shape index (κ3) is 5.02. The van der Waals surface area contributed by atoms with Gasteiger partial charge in [-0.3, -0.25) is 35.1 Å². The summed E-state index contributed by atoms with van der Waals surface area (Å²) in [6.45, 7) is 1.89. The standard InChI is InChI=1S/C22H14N6O7S/c1-13-2-7-19-20(8-13)36-22(24-19)25(23-12-14-3-5-16(6-4-14)26(30)31)21(29)15-9-17(27(32)33)11-18(10-15)28(34)35/h2-12H,1H3/b23-12+. The van der Waals surface area contributed by atoms with Crippen LogP contribution in [-0.2, 0) is 0 Å². The number of hydrogen-bond donors (Lipinski definition) is 0. The van der Waals surface area contributed by atoms with E-state index in [1.807, 2.05) is 19.1 Å². The van der Waals surface area contributed by atoms with E-state index in [2.05, 4.69) is 10.1 Å². The normalized spacial score (nSPS) is 11.0. The van der Waals surface area contributed by atoms with Crippen LogP contribution >= 0.6 is 11.3 Å². The monoisotopic (exact) mass is 506 g/mol. The second-order valence-corrected chi connectivity index (χ2v) is 8.44. The lowest BCUT2D eigenvalue weighted by molar-refractivity contribution is -0.394. The van der Waals surface area contributed by atoms with Crippen molar-refractivity contribution in [3.8, 4) is 0 Å². The lowest BCUT2D eigenvalue weighted by atomic mass is 10.1. The Balaban J connectivity index is 1.81. The summed E-state index contributed by atoms with van der Waals surface area (Å²) < 4.78 is 0.748. The molecule has 0 radical (unpaired) electrons. The maximum Gasteiger partial charge on any atom is 0.281 e. The average Bonchev–Trinajstić information content (AvgIpc) is 3.26. The topological polar surface area (TPSA) is 175 Å². The quantitative estimate of drug-likeness (QED) is 0.191. The number of aryl methyl sites for hydroxylation is 1. The molecule has 0 saturated carbocycles. The first-order valence-corrected chi connectivity index (χ1v) is 10.9. The van der Waals surface area contributed by atoms with E-state index in [1.165, 1.54) is 30.5 Å². The molecule has 0 N–H and O–H groups in total. The van der Waals surface area contributed by atoms with E-state index in [0.29, 0.717) is 11.1 Å². The number of nitrogens with zero attached hydrogens (tertiary/aromatic N) is 6. The van der Waals surface area contributed by atoms with Gasteiger partial charge in [0.2, 0.25) is 5.13 Å². The zero-order valence-corrected chi connectivity index (χ0v) is 19.1. The molecular formula is C22H14N6O7S. The van der Waals surface area contributed by atoms with E-state index in [-0.39, 0.29) is 16.4 Å². The minimum absolute atomic E-state index is 0.118. The van der Waals surface area contributed by atoms with Crippen LogP contribution in [0.2, 0.25) is 0 Å². The molecule has 1 aromatic heterocycles. The molecule has 13 nitrogen and oxygen atoms in total. The van der Waals surface area contributed by atoms with Gasteiger partial charge in [0.1, 0.15) is 0 Å². The van der Waals surface area contributed by atoms with Crippen LogP contribution in [0.5, 0.6) is 0 Å². The smallest absolute Gasteiger partial charge is 0.267 e. The number of thiazole rings is 1. The first-order valence-electron chi connectivity index (χ1n) is 10.1. The fourth-order valence-electron chi connectivity index (χ4n) is 3.16. The Morgan fingerprint density at radius 3 is 2.08 bits per heavy atom. The van der Waals surface area contributed by atoms with Gasteiger partial charge in [-0.25, -0.2) is 4.98 Å². The van der Waals surface area contributed by atoms with Crippen molar-refractivity contribution in [3.63, 3.8) is 0 Å². The zero-order chi connectivity index (χ0) is 26.0. The first kappa shape index (κ1) is 24.0. The highest BCUT2D eigenvalue weighted by molar-refractivity contribution is 7.22. The number of carbonyl (C=O) groups excluding carboxylic acids is 1. The lowest BCUT2D eigenvalue weighted by Crippen LogP contribution is -2.25. The largest absolute Gasteiger partial charge is 0.281 e. The van der Waals surface area contributed by atoms with Crippen molar-refractivity contribution in [2.24, 2.45) is 5.10 Å². The van der Waals surface area contributed by atoms with E-state index in [1.54, 1.807) is 6.07 Å². The molecule has 36 heavy (non-hydrogen) atoms. The van der Waals surface area contributed by atoms with Crippen molar-refractivity contribution in [1.82, 2.24) is 4.98 Å². The van der Waals surface area contributed by atoms with Gasteiger partial charge in [-0.05, 0) is 42.3 Å². The van der Waals surface area contributed by atoms with Crippen LogP contribution in [0.15, 0.2) is 65.8 Å². The molecule has 0 spiro atoms. The number of hydrogen-bond acceptors (Lipinski definition) is 10. The van der Waals surface area contributed by atoms with Crippen LogP contribution in [0.25, 0.3) is 10.2 Å². The predicted molar refractivity (Wildman–Crippen MR) is 132 cm³/mol. The summed E-state index contributed by atoms with van der Waals surface area (Å²) in [6.07, 6.45) is 1.25. The van der Waals surface area contributed by atoms with Gasteiger partial charge in [0.25, 0.3) is 23.0 Å². The molecule has 1 heterocycles. The second-order valence-electron chi connectivity index (χ2n) is 7.43. The number of rotatable bonds is 7. The molecule has 0 aliphatic carbocycles. The number of amides is 1. The fourth-order valence-corrected chi connectivity index (χ4v) is 4.18. The molecule has 4 rings (SSSR count). The van der Waals surface area contributed by atoms with Crippen molar-refractivity contribution >= 4 is 55.9 Å². The third-order valence-electron chi connectivity index (χ3n) is 4.90. The van der Waals surface area contributed by atoms with E-state index in [0.717, 1.165) is 44.8 Å². The molecule has 4 aromatic rings. The highest BCUT2D eigenvalue weighted by Gasteiger charge is 2.26. The summed E-state index contributed by atoms with van der Waals surface area (Å²) in [7, 11) is 0.